The van der Waals surface area contributed by atoms with Crippen LogP contribution < -0.4 is 4.90 Å². The second-order valence-corrected chi connectivity index (χ2v) is 3.26. The highest BCUT2D eigenvalue weighted by molar-refractivity contribution is 5.49. The van der Waals surface area contributed by atoms with E-state index in [4.69, 9.17) is 15.1 Å². The normalized spacial score (nSPS) is 9.94. The molecule has 0 spiro atoms. The molecule has 0 aliphatic heterocycles. The molecule has 0 radical (unpaired) electrons. The Morgan fingerprint density at radius 2 is 2.18 bits per heavy atom. The van der Waals surface area contributed by atoms with Gasteiger partial charge in [0.2, 0.25) is 0 Å². The molecule has 0 saturated carbocycles. The van der Waals surface area contributed by atoms with Crippen molar-refractivity contribution < 1.29 is 9.84 Å². The van der Waals surface area contributed by atoms with Crippen LogP contribution in [0.4, 0.5) is 5.82 Å². The third-order valence-corrected chi connectivity index (χ3v) is 2.21. The summed E-state index contributed by atoms with van der Waals surface area (Å²) in [5.41, 5.74) is 0.316. The van der Waals surface area contributed by atoms with Crippen LogP contribution in [0.2, 0.25) is 0 Å². The van der Waals surface area contributed by atoms with Crippen molar-refractivity contribution in [3.63, 3.8) is 0 Å². The molecule has 92 valence electrons. The second-order valence-electron chi connectivity index (χ2n) is 3.26. The summed E-state index contributed by atoms with van der Waals surface area (Å²) in [7, 11) is 0. The number of anilines is 1. The van der Waals surface area contributed by atoms with Crippen LogP contribution in [0.25, 0.3) is 0 Å². The van der Waals surface area contributed by atoms with Gasteiger partial charge in [0, 0.05) is 25.5 Å². The first-order valence-corrected chi connectivity index (χ1v) is 5.48. The first-order valence-electron chi connectivity index (χ1n) is 5.48. The van der Waals surface area contributed by atoms with Crippen molar-refractivity contribution in [1.29, 1.82) is 5.26 Å². The van der Waals surface area contributed by atoms with Crippen LogP contribution in [0.5, 0.6) is 0 Å². The van der Waals surface area contributed by atoms with E-state index in [9.17, 15) is 0 Å². The van der Waals surface area contributed by atoms with E-state index in [1.54, 1.807) is 6.20 Å². The molecule has 0 aliphatic rings. The smallest absolute Gasteiger partial charge is 0.183 e. The molecule has 17 heavy (non-hydrogen) atoms. The first-order chi connectivity index (χ1) is 8.33. The van der Waals surface area contributed by atoms with Crippen molar-refractivity contribution in [3.05, 3.63) is 18.1 Å². The third-order valence-electron chi connectivity index (χ3n) is 2.21. The zero-order valence-electron chi connectivity index (χ0n) is 9.83. The maximum atomic E-state index is 8.93. The molecule has 0 fully saturated rings. The average molecular weight is 236 g/mol. The van der Waals surface area contributed by atoms with Gasteiger partial charge in [0.1, 0.15) is 6.07 Å². The van der Waals surface area contributed by atoms with Crippen molar-refractivity contribution in [2.75, 3.05) is 37.8 Å². The largest absolute Gasteiger partial charge is 0.394 e. The van der Waals surface area contributed by atoms with Crippen LogP contribution in [0, 0.1) is 11.3 Å². The quantitative estimate of drug-likeness (QED) is 0.680. The summed E-state index contributed by atoms with van der Waals surface area (Å²) in [6.07, 6.45) is 3.06. The van der Waals surface area contributed by atoms with Gasteiger partial charge in [-0.05, 0) is 6.92 Å². The summed E-state index contributed by atoms with van der Waals surface area (Å²) >= 11 is 0. The molecule has 6 heteroatoms. The van der Waals surface area contributed by atoms with Gasteiger partial charge < -0.3 is 14.7 Å². The van der Waals surface area contributed by atoms with Crippen LogP contribution in [0.15, 0.2) is 12.4 Å². The minimum Gasteiger partial charge on any atom is -0.394 e. The Morgan fingerprint density at radius 3 is 2.82 bits per heavy atom. The monoisotopic (exact) mass is 236 g/mol. The average Bonchev–Trinajstić information content (AvgIpc) is 2.39. The van der Waals surface area contributed by atoms with E-state index in [0.29, 0.717) is 31.3 Å². The van der Waals surface area contributed by atoms with E-state index in [-0.39, 0.29) is 6.61 Å². The molecule has 1 aromatic heterocycles. The van der Waals surface area contributed by atoms with Crippen LogP contribution in [-0.2, 0) is 4.74 Å². The van der Waals surface area contributed by atoms with Crippen LogP contribution in [0.3, 0.4) is 0 Å². The van der Waals surface area contributed by atoms with Crippen molar-refractivity contribution >= 4 is 5.82 Å². The molecule has 0 saturated heterocycles. The number of aliphatic hydroxyl groups excluding tert-OH is 1. The highest BCUT2D eigenvalue weighted by Gasteiger charge is 2.11. The lowest BCUT2D eigenvalue weighted by Gasteiger charge is -2.21. The number of hydrogen-bond donors (Lipinski definition) is 1. The number of ether oxygens (including phenoxy) is 1. The Labute approximate surface area is 100 Å². The molecule has 1 rings (SSSR count). The third kappa shape index (κ3) is 3.98. The van der Waals surface area contributed by atoms with E-state index in [1.807, 2.05) is 17.9 Å². The molecular formula is C11H16N4O2. The fourth-order valence-electron chi connectivity index (χ4n) is 1.40. The highest BCUT2D eigenvalue weighted by Crippen LogP contribution is 2.12. The number of likely N-dealkylation sites (N-methyl/N-ethyl adjacent to an activating group) is 1. The zero-order chi connectivity index (χ0) is 12.5. The Hall–Kier alpha value is -1.71. The standard InChI is InChI=1S/C11H16N4O2/c1-2-15(5-7-17-8-6-16)11-10(9-12)13-3-4-14-11/h3-4,16H,2,5-8H2,1H3. The highest BCUT2D eigenvalue weighted by atomic mass is 16.5. The topological polar surface area (TPSA) is 82.3 Å². The minimum absolute atomic E-state index is 0.0146. The summed E-state index contributed by atoms with van der Waals surface area (Å²) in [5, 5.41) is 17.5. The van der Waals surface area contributed by atoms with Gasteiger partial charge in [-0.15, -0.1) is 0 Å². The molecule has 6 nitrogen and oxygen atoms in total. The van der Waals surface area contributed by atoms with Crippen LogP contribution >= 0.6 is 0 Å². The van der Waals surface area contributed by atoms with E-state index >= 15 is 0 Å². The molecule has 0 aromatic carbocycles. The van der Waals surface area contributed by atoms with Crippen LogP contribution in [0.1, 0.15) is 12.6 Å². The Balaban J connectivity index is 2.63. The molecule has 0 bridgehead atoms. The summed E-state index contributed by atoms with van der Waals surface area (Å²) in [6.45, 7) is 4.13. The van der Waals surface area contributed by atoms with Gasteiger partial charge in [-0.3, -0.25) is 0 Å². The number of aliphatic hydroxyl groups is 1. The molecular weight excluding hydrogens is 220 g/mol. The predicted molar refractivity (Wildman–Crippen MR) is 62.5 cm³/mol. The molecule has 0 unspecified atom stereocenters. The number of nitriles is 1. The summed E-state index contributed by atoms with van der Waals surface area (Å²) in [4.78, 5) is 10.0. The second kappa shape index (κ2) is 7.54. The van der Waals surface area contributed by atoms with E-state index in [2.05, 4.69) is 9.97 Å². The van der Waals surface area contributed by atoms with Gasteiger partial charge in [0.05, 0.1) is 19.8 Å². The Kier molecular flexibility index (Phi) is 5.93. The van der Waals surface area contributed by atoms with Gasteiger partial charge in [-0.2, -0.15) is 5.26 Å². The Morgan fingerprint density at radius 1 is 1.41 bits per heavy atom. The summed E-state index contributed by atoms with van der Waals surface area (Å²) < 4.78 is 5.19. The van der Waals surface area contributed by atoms with Crippen LogP contribution in [-0.4, -0.2) is 48.0 Å². The summed E-state index contributed by atoms with van der Waals surface area (Å²) in [6, 6.07) is 2.02. The Bertz CT molecular complexity index is 378. The number of nitrogens with zero attached hydrogens (tertiary/aromatic N) is 4. The van der Waals surface area contributed by atoms with Crippen molar-refractivity contribution in [3.8, 4) is 6.07 Å². The fraction of sp³-hybridized carbons (Fsp3) is 0.545. The SMILES string of the molecule is CCN(CCOCCO)c1nccnc1C#N. The molecule has 1 N–H and O–H groups in total. The van der Waals surface area contributed by atoms with Gasteiger partial charge in [-0.25, -0.2) is 9.97 Å². The maximum absolute atomic E-state index is 8.93. The van der Waals surface area contributed by atoms with Crippen molar-refractivity contribution in [2.45, 2.75) is 6.92 Å². The molecule has 0 aliphatic carbocycles. The predicted octanol–water partition coefficient (Wildman–Crippen LogP) is 0.183. The number of rotatable bonds is 7. The molecule has 0 atom stereocenters. The number of hydrogen-bond acceptors (Lipinski definition) is 6. The molecule has 1 heterocycles. The summed E-state index contributed by atoms with van der Waals surface area (Å²) in [5.74, 6) is 0.574. The van der Waals surface area contributed by atoms with Crippen molar-refractivity contribution in [1.82, 2.24) is 9.97 Å². The lowest BCUT2D eigenvalue weighted by molar-refractivity contribution is 0.0967. The maximum Gasteiger partial charge on any atom is 0.183 e. The van der Waals surface area contributed by atoms with Gasteiger partial charge in [0.25, 0.3) is 0 Å². The lowest BCUT2D eigenvalue weighted by Crippen LogP contribution is -2.29. The van der Waals surface area contributed by atoms with E-state index in [0.717, 1.165) is 6.54 Å². The van der Waals surface area contributed by atoms with E-state index in [1.165, 1.54) is 6.20 Å². The molecule has 0 amide bonds. The van der Waals surface area contributed by atoms with E-state index < -0.39 is 0 Å². The lowest BCUT2D eigenvalue weighted by atomic mass is 10.3. The van der Waals surface area contributed by atoms with Gasteiger partial charge in [-0.1, -0.05) is 0 Å². The molecule has 1 aromatic rings. The minimum atomic E-state index is 0.0146. The zero-order valence-corrected chi connectivity index (χ0v) is 9.83. The fourth-order valence-corrected chi connectivity index (χ4v) is 1.40. The van der Waals surface area contributed by atoms with Gasteiger partial charge >= 0.3 is 0 Å². The van der Waals surface area contributed by atoms with Gasteiger partial charge in [0.15, 0.2) is 11.5 Å². The number of aromatic nitrogens is 2. The first kappa shape index (κ1) is 13.4. The van der Waals surface area contributed by atoms with Crippen molar-refractivity contribution in [2.24, 2.45) is 0 Å².